The highest BCUT2D eigenvalue weighted by molar-refractivity contribution is 5.55. The second-order valence-corrected chi connectivity index (χ2v) is 3.58. The van der Waals surface area contributed by atoms with Gasteiger partial charge in [-0.2, -0.15) is 0 Å². The van der Waals surface area contributed by atoms with Gasteiger partial charge in [-0.05, 0) is 19.1 Å². The lowest BCUT2D eigenvalue weighted by molar-refractivity contribution is 0.548. The Kier molecular flexibility index (Phi) is 2.41. The Morgan fingerprint density at radius 3 is 2.27 bits per heavy atom. The SMILES string of the molecule is Cc1ccc(-c2cnc(N(C)C)nc2)o1. The predicted molar refractivity (Wildman–Crippen MR) is 58.8 cm³/mol. The Labute approximate surface area is 88.6 Å². The van der Waals surface area contributed by atoms with Crippen LogP contribution in [-0.2, 0) is 0 Å². The van der Waals surface area contributed by atoms with Gasteiger partial charge in [-0.3, -0.25) is 0 Å². The summed E-state index contributed by atoms with van der Waals surface area (Å²) in [5.41, 5.74) is 0.897. The Morgan fingerprint density at radius 2 is 1.80 bits per heavy atom. The molecule has 0 spiro atoms. The number of nitrogens with zero attached hydrogens (tertiary/aromatic N) is 3. The van der Waals surface area contributed by atoms with Crippen LogP contribution in [0.5, 0.6) is 0 Å². The molecule has 2 rings (SSSR count). The van der Waals surface area contributed by atoms with E-state index >= 15 is 0 Å². The topological polar surface area (TPSA) is 42.2 Å². The normalized spacial score (nSPS) is 10.3. The molecule has 78 valence electrons. The summed E-state index contributed by atoms with van der Waals surface area (Å²) in [5, 5.41) is 0. The molecule has 0 saturated heterocycles. The van der Waals surface area contributed by atoms with Crippen molar-refractivity contribution in [1.82, 2.24) is 9.97 Å². The summed E-state index contributed by atoms with van der Waals surface area (Å²) in [4.78, 5) is 10.3. The third kappa shape index (κ3) is 1.98. The van der Waals surface area contributed by atoms with Crippen molar-refractivity contribution >= 4 is 5.95 Å². The number of anilines is 1. The Bertz CT molecular complexity index is 445. The average Bonchev–Trinajstić information content (AvgIpc) is 2.65. The molecule has 0 N–H and O–H groups in total. The van der Waals surface area contributed by atoms with Crippen LogP contribution in [0, 0.1) is 6.92 Å². The first-order chi connectivity index (χ1) is 7.16. The molecular weight excluding hydrogens is 190 g/mol. The summed E-state index contributed by atoms with van der Waals surface area (Å²) >= 11 is 0. The van der Waals surface area contributed by atoms with E-state index in [0.29, 0.717) is 5.95 Å². The fourth-order valence-electron chi connectivity index (χ4n) is 1.27. The zero-order chi connectivity index (χ0) is 10.8. The van der Waals surface area contributed by atoms with Crippen LogP contribution in [0.4, 0.5) is 5.95 Å². The highest BCUT2D eigenvalue weighted by Gasteiger charge is 2.04. The molecule has 2 aromatic rings. The van der Waals surface area contributed by atoms with Gasteiger partial charge < -0.3 is 9.32 Å². The second-order valence-electron chi connectivity index (χ2n) is 3.58. The van der Waals surface area contributed by atoms with Crippen molar-refractivity contribution in [3.63, 3.8) is 0 Å². The smallest absolute Gasteiger partial charge is 0.224 e. The number of aromatic nitrogens is 2. The van der Waals surface area contributed by atoms with Crippen LogP contribution in [0.2, 0.25) is 0 Å². The molecule has 2 aromatic heterocycles. The molecule has 0 fully saturated rings. The molecule has 0 saturated carbocycles. The van der Waals surface area contributed by atoms with E-state index < -0.39 is 0 Å². The minimum absolute atomic E-state index is 0.696. The van der Waals surface area contributed by atoms with Gasteiger partial charge in [0.15, 0.2) is 0 Å². The summed E-state index contributed by atoms with van der Waals surface area (Å²) in [5.74, 6) is 2.39. The number of hydrogen-bond acceptors (Lipinski definition) is 4. The van der Waals surface area contributed by atoms with E-state index in [9.17, 15) is 0 Å². The van der Waals surface area contributed by atoms with Crippen molar-refractivity contribution in [1.29, 1.82) is 0 Å². The van der Waals surface area contributed by atoms with Gasteiger partial charge in [0.2, 0.25) is 5.95 Å². The first-order valence-corrected chi connectivity index (χ1v) is 4.73. The summed E-state index contributed by atoms with van der Waals surface area (Å²) in [6.07, 6.45) is 3.53. The molecule has 0 atom stereocenters. The van der Waals surface area contributed by atoms with Crippen molar-refractivity contribution in [2.45, 2.75) is 6.92 Å². The molecule has 0 unspecified atom stereocenters. The van der Waals surface area contributed by atoms with Crippen molar-refractivity contribution < 1.29 is 4.42 Å². The first-order valence-electron chi connectivity index (χ1n) is 4.73. The summed E-state index contributed by atoms with van der Waals surface area (Å²) < 4.78 is 5.48. The van der Waals surface area contributed by atoms with Gasteiger partial charge in [0.05, 0.1) is 5.56 Å². The Balaban J connectivity index is 2.31. The number of rotatable bonds is 2. The number of hydrogen-bond donors (Lipinski definition) is 0. The maximum atomic E-state index is 5.48. The van der Waals surface area contributed by atoms with E-state index in [-0.39, 0.29) is 0 Å². The van der Waals surface area contributed by atoms with Gasteiger partial charge in [0.1, 0.15) is 11.5 Å². The third-order valence-electron chi connectivity index (χ3n) is 2.06. The summed E-state index contributed by atoms with van der Waals surface area (Å²) in [6.45, 7) is 1.92. The molecule has 0 bridgehead atoms. The van der Waals surface area contributed by atoms with Crippen LogP contribution < -0.4 is 4.90 Å². The zero-order valence-electron chi connectivity index (χ0n) is 9.06. The zero-order valence-corrected chi connectivity index (χ0v) is 9.06. The van der Waals surface area contributed by atoms with Crippen LogP contribution in [-0.4, -0.2) is 24.1 Å². The third-order valence-corrected chi connectivity index (χ3v) is 2.06. The van der Waals surface area contributed by atoms with E-state index in [1.807, 2.05) is 38.1 Å². The van der Waals surface area contributed by atoms with Gasteiger partial charge in [-0.25, -0.2) is 9.97 Å². The predicted octanol–water partition coefficient (Wildman–Crippen LogP) is 2.11. The second kappa shape index (κ2) is 3.73. The van der Waals surface area contributed by atoms with Crippen LogP contribution in [0.15, 0.2) is 28.9 Å². The quantitative estimate of drug-likeness (QED) is 0.749. The van der Waals surface area contributed by atoms with Crippen LogP contribution >= 0.6 is 0 Å². The summed E-state index contributed by atoms with van der Waals surface area (Å²) in [7, 11) is 3.82. The molecule has 15 heavy (non-hydrogen) atoms. The molecule has 0 aliphatic rings. The van der Waals surface area contributed by atoms with Crippen LogP contribution in [0.3, 0.4) is 0 Å². The largest absolute Gasteiger partial charge is 0.461 e. The van der Waals surface area contributed by atoms with E-state index in [0.717, 1.165) is 17.1 Å². The van der Waals surface area contributed by atoms with Crippen LogP contribution in [0.1, 0.15) is 5.76 Å². The maximum Gasteiger partial charge on any atom is 0.224 e. The van der Waals surface area contributed by atoms with Gasteiger partial charge in [-0.15, -0.1) is 0 Å². The van der Waals surface area contributed by atoms with Gasteiger partial charge in [0, 0.05) is 26.5 Å². The minimum Gasteiger partial charge on any atom is -0.461 e. The van der Waals surface area contributed by atoms with Gasteiger partial charge in [-0.1, -0.05) is 0 Å². The van der Waals surface area contributed by atoms with E-state index in [4.69, 9.17) is 4.42 Å². The van der Waals surface area contributed by atoms with Crippen molar-refractivity contribution in [2.75, 3.05) is 19.0 Å². The van der Waals surface area contributed by atoms with Crippen molar-refractivity contribution in [2.24, 2.45) is 0 Å². The molecule has 0 radical (unpaired) electrons. The lowest BCUT2D eigenvalue weighted by Crippen LogP contribution is -2.12. The van der Waals surface area contributed by atoms with Crippen molar-refractivity contribution in [3.05, 3.63) is 30.3 Å². The van der Waals surface area contributed by atoms with Crippen molar-refractivity contribution in [3.8, 4) is 11.3 Å². The highest BCUT2D eigenvalue weighted by Crippen LogP contribution is 2.20. The Hall–Kier alpha value is -1.84. The van der Waals surface area contributed by atoms with E-state index in [1.165, 1.54) is 0 Å². The molecule has 0 amide bonds. The maximum absolute atomic E-state index is 5.48. The lowest BCUT2D eigenvalue weighted by atomic mass is 10.3. The van der Waals surface area contributed by atoms with E-state index in [1.54, 1.807) is 12.4 Å². The summed E-state index contributed by atoms with van der Waals surface area (Å²) in [6, 6.07) is 3.85. The molecule has 0 aliphatic carbocycles. The van der Waals surface area contributed by atoms with Gasteiger partial charge >= 0.3 is 0 Å². The highest BCUT2D eigenvalue weighted by atomic mass is 16.3. The van der Waals surface area contributed by atoms with Gasteiger partial charge in [0.25, 0.3) is 0 Å². The monoisotopic (exact) mass is 203 g/mol. The first kappa shape index (κ1) is 9.71. The minimum atomic E-state index is 0.696. The fourth-order valence-corrected chi connectivity index (χ4v) is 1.27. The molecule has 0 aliphatic heterocycles. The molecular formula is C11H13N3O. The van der Waals surface area contributed by atoms with Crippen LogP contribution in [0.25, 0.3) is 11.3 Å². The Morgan fingerprint density at radius 1 is 1.13 bits per heavy atom. The molecule has 2 heterocycles. The average molecular weight is 203 g/mol. The number of aryl methyl sites for hydroxylation is 1. The fraction of sp³-hybridized carbons (Fsp3) is 0.273. The molecule has 4 heteroatoms. The molecule has 0 aromatic carbocycles. The number of furan rings is 1. The standard InChI is InChI=1S/C11H13N3O/c1-8-4-5-10(15-8)9-6-12-11(13-7-9)14(2)3/h4-7H,1-3H3. The van der Waals surface area contributed by atoms with E-state index in [2.05, 4.69) is 9.97 Å². The molecule has 4 nitrogen and oxygen atoms in total. The lowest BCUT2D eigenvalue weighted by Gasteiger charge is -2.08.